The van der Waals surface area contributed by atoms with Crippen LogP contribution in [-0.4, -0.2) is 42.1 Å². The first kappa shape index (κ1) is 22.7. The zero-order chi connectivity index (χ0) is 23.0. The van der Waals surface area contributed by atoms with Crippen molar-refractivity contribution in [2.45, 2.75) is 36.8 Å². The summed E-state index contributed by atoms with van der Waals surface area (Å²) in [6.07, 6.45) is -2.17. The van der Waals surface area contributed by atoms with Gasteiger partial charge < -0.3 is 10.6 Å². The van der Waals surface area contributed by atoms with Crippen molar-refractivity contribution in [2.24, 2.45) is 10.9 Å². The molecule has 1 amide bonds. The molecule has 0 fully saturated rings. The molecule has 31 heavy (non-hydrogen) atoms. The number of halogens is 3. The van der Waals surface area contributed by atoms with Crippen molar-refractivity contribution < 1.29 is 31.2 Å². The predicted octanol–water partition coefficient (Wildman–Crippen LogP) is 2.94. The quantitative estimate of drug-likeness (QED) is 0.720. The summed E-state index contributed by atoms with van der Waals surface area (Å²) in [5.74, 6) is -0.978. The van der Waals surface area contributed by atoms with Crippen molar-refractivity contribution in [3.8, 4) is 11.1 Å². The van der Waals surface area contributed by atoms with Crippen LogP contribution in [0.2, 0.25) is 0 Å². The number of rotatable bonds is 6. The number of carbonyl (C=O) groups excluding carboxylic acids is 1. The summed E-state index contributed by atoms with van der Waals surface area (Å²) in [4.78, 5) is 20.6. The highest BCUT2D eigenvalue weighted by Gasteiger charge is 2.45. The molecule has 0 spiro atoms. The van der Waals surface area contributed by atoms with Gasteiger partial charge in [-0.25, -0.2) is 8.42 Å². The van der Waals surface area contributed by atoms with Gasteiger partial charge in [0.15, 0.2) is 14.6 Å². The van der Waals surface area contributed by atoms with E-state index in [1.54, 1.807) is 12.1 Å². The van der Waals surface area contributed by atoms with E-state index < -0.39 is 38.3 Å². The molecular weight excluding hydrogens is 435 g/mol. The average Bonchev–Trinajstić information content (AvgIpc) is 3.14. The van der Waals surface area contributed by atoms with Gasteiger partial charge in [0.1, 0.15) is 6.10 Å². The van der Waals surface area contributed by atoms with Crippen LogP contribution in [0.4, 0.5) is 13.2 Å². The van der Waals surface area contributed by atoms with Crippen LogP contribution in [0.1, 0.15) is 30.9 Å². The van der Waals surface area contributed by atoms with Gasteiger partial charge in [-0.2, -0.15) is 13.2 Å². The topological polar surface area (TPSA) is 112 Å². The van der Waals surface area contributed by atoms with Gasteiger partial charge >= 0.3 is 6.18 Å². The summed E-state index contributed by atoms with van der Waals surface area (Å²) >= 11 is 0. The van der Waals surface area contributed by atoms with Gasteiger partial charge in [0.25, 0.3) is 0 Å². The number of pyridine rings is 1. The first-order chi connectivity index (χ1) is 14.3. The molecule has 0 saturated carbocycles. The second kappa shape index (κ2) is 7.95. The van der Waals surface area contributed by atoms with Gasteiger partial charge in [0, 0.05) is 31.5 Å². The SMILES string of the molecule is C[C@@](C[C@H]1CC(c2ccc(-c3ccncc3C(F)(F)F)cc2)=NO1)(C(N)=O)S(C)(=O)=O. The van der Waals surface area contributed by atoms with E-state index in [0.717, 1.165) is 12.5 Å². The molecule has 0 unspecified atom stereocenters. The second-order valence-corrected chi connectivity index (χ2v) is 9.98. The number of aromatic nitrogens is 1. The average molecular weight is 455 g/mol. The molecule has 1 aliphatic heterocycles. The maximum Gasteiger partial charge on any atom is 0.418 e. The fraction of sp³-hybridized carbons (Fsp3) is 0.350. The Morgan fingerprint density at radius 3 is 2.35 bits per heavy atom. The van der Waals surface area contributed by atoms with Crippen molar-refractivity contribution in [2.75, 3.05) is 6.26 Å². The van der Waals surface area contributed by atoms with Gasteiger partial charge in [-0.15, -0.1) is 0 Å². The number of nitrogens with two attached hydrogens (primary N) is 1. The van der Waals surface area contributed by atoms with Crippen molar-refractivity contribution in [3.63, 3.8) is 0 Å². The highest BCUT2D eigenvalue weighted by atomic mass is 32.2. The number of nitrogens with zero attached hydrogens (tertiary/aromatic N) is 2. The standard InChI is InChI=1S/C20H20F3N3O4S/c1-19(18(24)27,31(2,28)29)10-14-9-17(26-30-14)13-5-3-12(4-6-13)15-7-8-25-11-16(15)20(21,22)23/h3-8,11,14H,9-10H2,1-2H3,(H2,24,27)/t14-,19-/m1/s1. The fourth-order valence-electron chi connectivity index (χ4n) is 3.29. The highest BCUT2D eigenvalue weighted by molar-refractivity contribution is 7.92. The number of alkyl halides is 3. The predicted molar refractivity (Wildman–Crippen MR) is 108 cm³/mol. The Morgan fingerprint density at radius 1 is 1.19 bits per heavy atom. The Kier molecular flexibility index (Phi) is 5.83. The first-order valence-corrected chi connectivity index (χ1v) is 11.1. The molecule has 0 bridgehead atoms. The van der Waals surface area contributed by atoms with E-state index in [9.17, 15) is 26.4 Å². The van der Waals surface area contributed by atoms with Crippen LogP contribution >= 0.6 is 0 Å². The Labute approximate surface area is 177 Å². The molecule has 2 heterocycles. The van der Waals surface area contributed by atoms with E-state index in [1.807, 2.05) is 0 Å². The summed E-state index contributed by atoms with van der Waals surface area (Å²) in [6.45, 7) is 1.24. The number of amides is 1. The molecule has 11 heteroatoms. The summed E-state index contributed by atoms with van der Waals surface area (Å²) < 4.78 is 61.9. The number of sulfone groups is 1. The highest BCUT2D eigenvalue weighted by Crippen LogP contribution is 2.36. The third-order valence-electron chi connectivity index (χ3n) is 5.35. The molecule has 166 valence electrons. The van der Waals surface area contributed by atoms with E-state index in [0.29, 0.717) is 16.8 Å². The van der Waals surface area contributed by atoms with Gasteiger partial charge in [0.2, 0.25) is 5.91 Å². The monoisotopic (exact) mass is 455 g/mol. The molecule has 3 rings (SSSR count). The number of benzene rings is 1. The number of carbonyl (C=O) groups is 1. The van der Waals surface area contributed by atoms with Crippen molar-refractivity contribution >= 4 is 21.5 Å². The number of primary amides is 1. The zero-order valence-electron chi connectivity index (χ0n) is 16.7. The molecule has 2 aromatic rings. The van der Waals surface area contributed by atoms with E-state index in [-0.39, 0.29) is 18.4 Å². The van der Waals surface area contributed by atoms with Gasteiger partial charge in [-0.1, -0.05) is 29.4 Å². The van der Waals surface area contributed by atoms with E-state index in [4.69, 9.17) is 10.6 Å². The van der Waals surface area contributed by atoms with E-state index in [1.165, 1.54) is 31.3 Å². The molecule has 1 aliphatic rings. The molecule has 1 aromatic heterocycles. The largest absolute Gasteiger partial charge is 0.418 e. The first-order valence-electron chi connectivity index (χ1n) is 9.17. The van der Waals surface area contributed by atoms with Gasteiger partial charge in [-0.3, -0.25) is 9.78 Å². The summed E-state index contributed by atoms with van der Waals surface area (Å²) in [5, 5.41) is 3.95. The van der Waals surface area contributed by atoms with Crippen LogP contribution in [0.5, 0.6) is 0 Å². The zero-order valence-corrected chi connectivity index (χ0v) is 17.5. The van der Waals surface area contributed by atoms with Crippen LogP contribution in [0.15, 0.2) is 47.9 Å². The van der Waals surface area contributed by atoms with Crippen LogP contribution in [0, 0.1) is 0 Å². The van der Waals surface area contributed by atoms with Crippen molar-refractivity contribution in [3.05, 3.63) is 53.9 Å². The molecular formula is C20H20F3N3O4S. The van der Waals surface area contributed by atoms with Crippen LogP contribution < -0.4 is 5.73 Å². The Balaban J connectivity index is 1.78. The van der Waals surface area contributed by atoms with Gasteiger partial charge in [0.05, 0.1) is 11.3 Å². The van der Waals surface area contributed by atoms with Crippen LogP contribution in [0.3, 0.4) is 0 Å². The third kappa shape index (κ3) is 4.55. The second-order valence-electron chi connectivity index (χ2n) is 7.54. The molecule has 0 saturated heterocycles. The minimum atomic E-state index is -4.54. The van der Waals surface area contributed by atoms with E-state index >= 15 is 0 Å². The summed E-state index contributed by atoms with van der Waals surface area (Å²) in [7, 11) is -3.79. The fourth-order valence-corrected chi connectivity index (χ4v) is 4.15. The summed E-state index contributed by atoms with van der Waals surface area (Å²) in [5.41, 5.74) is 5.91. The van der Waals surface area contributed by atoms with Crippen LogP contribution in [-0.2, 0) is 25.6 Å². The molecule has 0 radical (unpaired) electrons. The Morgan fingerprint density at radius 2 is 1.81 bits per heavy atom. The molecule has 2 atom stereocenters. The lowest BCUT2D eigenvalue weighted by molar-refractivity contribution is -0.137. The number of hydrogen-bond donors (Lipinski definition) is 1. The van der Waals surface area contributed by atoms with Gasteiger partial charge in [-0.05, 0) is 29.7 Å². The lowest BCUT2D eigenvalue weighted by atomic mass is 9.95. The molecule has 1 aromatic carbocycles. The Hall–Kier alpha value is -2.95. The van der Waals surface area contributed by atoms with Crippen LogP contribution in [0.25, 0.3) is 11.1 Å². The van der Waals surface area contributed by atoms with Crippen molar-refractivity contribution in [1.82, 2.24) is 4.98 Å². The molecule has 0 aliphatic carbocycles. The summed E-state index contributed by atoms with van der Waals surface area (Å²) in [6, 6.07) is 7.55. The Bertz CT molecular complexity index is 1130. The maximum absolute atomic E-state index is 13.2. The smallest absolute Gasteiger partial charge is 0.392 e. The minimum absolute atomic E-state index is 0.00177. The lowest BCUT2D eigenvalue weighted by Gasteiger charge is -2.25. The number of oxime groups is 1. The van der Waals surface area contributed by atoms with Crippen molar-refractivity contribution in [1.29, 1.82) is 0 Å². The number of hydrogen-bond acceptors (Lipinski definition) is 6. The van der Waals surface area contributed by atoms with E-state index in [2.05, 4.69) is 10.1 Å². The lowest BCUT2D eigenvalue weighted by Crippen LogP contribution is -2.49. The molecule has 7 nitrogen and oxygen atoms in total. The minimum Gasteiger partial charge on any atom is -0.392 e. The molecule has 2 N–H and O–H groups in total. The normalized spacial score (nSPS) is 18.7. The third-order valence-corrected chi connectivity index (χ3v) is 7.35. The maximum atomic E-state index is 13.2.